The minimum absolute atomic E-state index is 1.05. The molecule has 0 N–H and O–H groups in total. The average molecular weight is 449 g/mol. The Morgan fingerprint density at radius 2 is 1.07 bits per heavy atom. The van der Waals surface area contributed by atoms with E-state index in [2.05, 4.69) is 135 Å². The topological polar surface area (TPSA) is 0 Å². The van der Waals surface area contributed by atoms with E-state index in [9.17, 15) is 0 Å². The molecule has 0 saturated heterocycles. The van der Waals surface area contributed by atoms with Crippen molar-refractivity contribution in [3.05, 3.63) is 113 Å². The van der Waals surface area contributed by atoms with Gasteiger partial charge in [-0.05, 0) is 0 Å². The second-order valence-electron chi connectivity index (χ2n) is 6.26. The van der Waals surface area contributed by atoms with Gasteiger partial charge in [-0.25, -0.2) is 0 Å². The molecule has 27 heavy (non-hydrogen) atoms. The summed E-state index contributed by atoms with van der Waals surface area (Å²) in [7, 11) is 0. The van der Waals surface area contributed by atoms with Gasteiger partial charge in [0.2, 0.25) is 0 Å². The zero-order valence-electron chi connectivity index (χ0n) is 14.6. The summed E-state index contributed by atoms with van der Waals surface area (Å²) in [5.41, 5.74) is 4.82. The first-order valence-electron chi connectivity index (χ1n) is 8.68. The average Bonchev–Trinajstić information content (AvgIpc) is 3.28. The van der Waals surface area contributed by atoms with Crippen molar-refractivity contribution in [2.45, 2.75) is 0 Å². The normalized spacial score (nSPS) is 12.4. The maximum absolute atomic E-state index is 4.32. The van der Waals surface area contributed by atoms with Crippen LogP contribution in [0.4, 0.5) is 0 Å². The van der Waals surface area contributed by atoms with Crippen LogP contribution >= 0.6 is 32.1 Å². The fourth-order valence-corrected chi connectivity index (χ4v) is 10.1. The van der Waals surface area contributed by atoms with Crippen LogP contribution in [0, 0.1) is 11.6 Å². The van der Waals surface area contributed by atoms with Gasteiger partial charge < -0.3 is 0 Å². The first-order chi connectivity index (χ1) is 13.2. The summed E-state index contributed by atoms with van der Waals surface area (Å²) in [6, 6.07) is 33.9. The number of hydrogen-bond donors (Lipinski definition) is 0. The van der Waals surface area contributed by atoms with Crippen molar-refractivity contribution in [2.24, 2.45) is 0 Å². The molecule has 0 aliphatic rings. The monoisotopic (exact) mass is 448 g/mol. The van der Waals surface area contributed by atoms with Crippen molar-refractivity contribution < 1.29 is 0 Å². The fraction of sp³-hybridized carbons (Fsp3) is 0. The molecule has 0 aliphatic heterocycles. The van der Waals surface area contributed by atoms with Crippen LogP contribution in [-0.2, 0) is 0 Å². The van der Waals surface area contributed by atoms with Crippen LogP contribution in [0.1, 0.15) is 5.56 Å². The number of hydrogen-bond acceptors (Lipinski definition) is 1. The van der Waals surface area contributed by atoms with Crippen molar-refractivity contribution in [1.82, 2.24) is 0 Å². The molecule has 4 aromatic rings. The van der Waals surface area contributed by atoms with Gasteiger partial charge in [0.05, 0.1) is 0 Å². The summed E-state index contributed by atoms with van der Waals surface area (Å²) in [6.45, 7) is 0. The second kappa shape index (κ2) is 7.45. The third-order valence-corrected chi connectivity index (χ3v) is 13.9. The van der Waals surface area contributed by atoms with Crippen molar-refractivity contribution in [3.63, 3.8) is 0 Å². The zero-order valence-corrected chi connectivity index (χ0v) is 17.9. The number of thiophene rings is 1. The van der Waals surface area contributed by atoms with E-state index in [4.69, 9.17) is 0 Å². The summed E-state index contributed by atoms with van der Waals surface area (Å²) >= 11 is 6.00. The third kappa shape index (κ3) is 3.17. The van der Waals surface area contributed by atoms with Crippen LogP contribution in [-0.4, -0.2) is 0 Å². The van der Waals surface area contributed by atoms with Gasteiger partial charge in [0.25, 0.3) is 0 Å². The molecule has 132 valence electrons. The van der Waals surface area contributed by atoms with E-state index in [1.54, 1.807) is 11.3 Å². The van der Waals surface area contributed by atoms with Crippen molar-refractivity contribution in [3.8, 4) is 11.6 Å². The van der Waals surface area contributed by atoms with E-state index in [1.165, 1.54) is 15.9 Å². The SMILES string of the molecule is BrP(C#Cc1ccsc1)(c1ccccc1)(c1ccccc1)c1ccccc1. The van der Waals surface area contributed by atoms with Crippen molar-refractivity contribution in [2.75, 3.05) is 0 Å². The van der Waals surface area contributed by atoms with Crippen molar-refractivity contribution >= 4 is 48.0 Å². The molecule has 4 rings (SSSR count). The molecule has 0 spiro atoms. The zero-order chi connectivity index (χ0) is 18.6. The molecule has 0 unspecified atom stereocenters. The number of halogens is 1. The van der Waals surface area contributed by atoms with Crippen LogP contribution in [0.3, 0.4) is 0 Å². The predicted octanol–water partition coefficient (Wildman–Crippen LogP) is 5.90. The Kier molecular flexibility index (Phi) is 5.02. The van der Waals surface area contributed by atoms with Gasteiger partial charge in [-0.1, -0.05) is 0 Å². The first-order valence-corrected chi connectivity index (χ1v) is 13.9. The van der Waals surface area contributed by atoms with Gasteiger partial charge >= 0.3 is 173 Å². The summed E-state index contributed by atoms with van der Waals surface area (Å²) < 4.78 is 0. The van der Waals surface area contributed by atoms with Crippen LogP contribution in [0.25, 0.3) is 0 Å². The van der Waals surface area contributed by atoms with E-state index in [0.29, 0.717) is 0 Å². The van der Waals surface area contributed by atoms with Gasteiger partial charge in [-0.3, -0.25) is 0 Å². The van der Waals surface area contributed by atoms with Crippen LogP contribution < -0.4 is 15.9 Å². The summed E-state index contributed by atoms with van der Waals surface area (Å²) in [5.74, 6) is 3.47. The van der Waals surface area contributed by atoms with E-state index >= 15 is 0 Å². The van der Waals surface area contributed by atoms with Crippen LogP contribution in [0.2, 0.25) is 0 Å². The first kappa shape index (κ1) is 18.2. The molecule has 0 fully saturated rings. The number of benzene rings is 3. The van der Waals surface area contributed by atoms with Gasteiger partial charge in [0, 0.05) is 0 Å². The van der Waals surface area contributed by atoms with E-state index in [1.807, 2.05) is 0 Å². The Bertz CT molecular complexity index is 979. The van der Waals surface area contributed by atoms with Crippen LogP contribution in [0.5, 0.6) is 0 Å². The Morgan fingerprint density at radius 1 is 0.630 bits per heavy atom. The molecule has 1 aromatic heterocycles. The quantitative estimate of drug-likeness (QED) is 0.270. The fourth-order valence-electron chi connectivity index (χ4n) is 3.27. The Balaban J connectivity index is 2.13. The molecular weight excluding hydrogens is 431 g/mol. The molecule has 3 heteroatoms. The molecule has 0 amide bonds. The molecule has 0 nitrogen and oxygen atoms in total. The van der Waals surface area contributed by atoms with Crippen LogP contribution in [0.15, 0.2) is 108 Å². The second-order valence-corrected chi connectivity index (χ2v) is 15.1. The Morgan fingerprint density at radius 3 is 1.44 bits per heavy atom. The maximum atomic E-state index is 4.32. The Hall–Kier alpha value is -2.17. The summed E-state index contributed by atoms with van der Waals surface area (Å²) in [4.78, 5) is 0. The standard InChI is InChI=1S/C24H18BrPS/c25-26(22-10-4-1-5-11-22,23-12-6-2-7-13-23,24-14-8-3-9-15-24)18-16-21-17-19-27-20-21/h1-15,17,19-20H. The molecule has 0 atom stereocenters. The molecule has 0 bridgehead atoms. The molecule has 0 saturated carbocycles. The third-order valence-electron chi connectivity index (χ3n) is 4.65. The van der Waals surface area contributed by atoms with Gasteiger partial charge in [-0.2, -0.15) is 0 Å². The molecule has 3 aromatic carbocycles. The summed E-state index contributed by atoms with van der Waals surface area (Å²) in [5, 5.41) is 4.67. The van der Waals surface area contributed by atoms with Gasteiger partial charge in [-0.15, -0.1) is 0 Å². The van der Waals surface area contributed by atoms with Crippen molar-refractivity contribution in [1.29, 1.82) is 0 Å². The molecule has 1 heterocycles. The Labute approximate surface area is 172 Å². The molecule has 0 radical (unpaired) electrons. The van der Waals surface area contributed by atoms with E-state index < -0.39 is 5.31 Å². The molecule has 0 aliphatic carbocycles. The molecular formula is C24H18BrPS. The van der Waals surface area contributed by atoms with E-state index in [-0.39, 0.29) is 0 Å². The minimum atomic E-state index is -3.14. The summed E-state index contributed by atoms with van der Waals surface area (Å²) in [6.07, 6.45) is 0. The van der Waals surface area contributed by atoms with Gasteiger partial charge in [0.15, 0.2) is 0 Å². The number of rotatable bonds is 3. The van der Waals surface area contributed by atoms with Gasteiger partial charge in [0.1, 0.15) is 0 Å². The predicted molar refractivity (Wildman–Crippen MR) is 125 cm³/mol. The van der Waals surface area contributed by atoms with E-state index in [0.717, 1.165) is 5.56 Å².